The van der Waals surface area contributed by atoms with E-state index in [2.05, 4.69) is 70.9 Å². The number of aromatic amines is 1. The Balaban J connectivity index is 1.67. The first kappa shape index (κ1) is 23.5. The van der Waals surface area contributed by atoms with Crippen LogP contribution in [0.2, 0.25) is 5.02 Å². The van der Waals surface area contributed by atoms with Gasteiger partial charge in [-0.05, 0) is 83.5 Å². The Kier molecular flexibility index (Phi) is 6.34. The number of aromatic nitrogens is 2. The molecule has 0 aliphatic carbocycles. The standard InChI is InChI=1S/C28H27ClN4OS/c1-5-22-16(2)27-26(17(3)25(22)18-6-8-20(29)9-7-18)23-11-10-21(12-19(23)14-33(27)35-4)32-28(34)24-13-30-15-31-24/h6-13,15H,5,14H2,1-4H3,(H,30,31)(H,32,34). The van der Waals surface area contributed by atoms with E-state index in [4.69, 9.17) is 11.6 Å². The number of H-pyrrole nitrogens is 1. The number of anilines is 2. The fourth-order valence-electron chi connectivity index (χ4n) is 5.15. The third-order valence-corrected chi connectivity index (χ3v) is 7.75. The van der Waals surface area contributed by atoms with Crippen molar-refractivity contribution in [2.24, 2.45) is 0 Å². The third kappa shape index (κ3) is 4.11. The molecule has 35 heavy (non-hydrogen) atoms. The van der Waals surface area contributed by atoms with E-state index in [0.717, 1.165) is 23.7 Å². The van der Waals surface area contributed by atoms with E-state index in [9.17, 15) is 4.79 Å². The summed E-state index contributed by atoms with van der Waals surface area (Å²) in [6.45, 7) is 7.45. The Labute approximate surface area is 215 Å². The van der Waals surface area contributed by atoms with Gasteiger partial charge < -0.3 is 14.6 Å². The molecule has 1 aliphatic rings. The van der Waals surface area contributed by atoms with Crippen molar-refractivity contribution in [2.45, 2.75) is 33.7 Å². The highest BCUT2D eigenvalue weighted by Crippen LogP contribution is 2.50. The predicted molar refractivity (Wildman–Crippen MR) is 147 cm³/mol. The number of carbonyl (C=O) groups is 1. The van der Waals surface area contributed by atoms with Crippen LogP contribution < -0.4 is 9.62 Å². The molecule has 1 amide bonds. The molecule has 0 saturated heterocycles. The molecule has 3 aromatic carbocycles. The molecule has 0 spiro atoms. The zero-order valence-corrected chi connectivity index (χ0v) is 21.8. The van der Waals surface area contributed by atoms with Crippen molar-refractivity contribution in [3.63, 3.8) is 0 Å². The summed E-state index contributed by atoms with van der Waals surface area (Å²) in [5.74, 6) is -0.204. The first-order chi connectivity index (χ1) is 16.9. The van der Waals surface area contributed by atoms with Crippen LogP contribution in [0.3, 0.4) is 0 Å². The predicted octanol–water partition coefficient (Wildman–Crippen LogP) is 7.43. The SMILES string of the molecule is CCc1c(C)c2c(c(C)c1-c1ccc(Cl)cc1)-c1ccc(NC(=O)c3cnc[nH]3)cc1CN2SC. The quantitative estimate of drug-likeness (QED) is 0.278. The van der Waals surface area contributed by atoms with Gasteiger partial charge in [0.15, 0.2) is 0 Å². The zero-order valence-electron chi connectivity index (χ0n) is 20.2. The van der Waals surface area contributed by atoms with Gasteiger partial charge in [0.25, 0.3) is 5.91 Å². The lowest BCUT2D eigenvalue weighted by Gasteiger charge is -2.36. The fourth-order valence-corrected chi connectivity index (χ4v) is 5.96. The van der Waals surface area contributed by atoms with E-state index in [1.54, 1.807) is 11.9 Å². The highest BCUT2D eigenvalue weighted by atomic mass is 35.5. The van der Waals surface area contributed by atoms with Gasteiger partial charge in [0.2, 0.25) is 0 Å². The number of rotatable bonds is 5. The molecule has 0 radical (unpaired) electrons. The number of amides is 1. The van der Waals surface area contributed by atoms with Gasteiger partial charge in [-0.1, -0.05) is 48.7 Å². The Morgan fingerprint density at radius 2 is 1.91 bits per heavy atom. The van der Waals surface area contributed by atoms with Gasteiger partial charge in [-0.25, -0.2) is 4.98 Å². The lowest BCUT2D eigenvalue weighted by Crippen LogP contribution is -2.22. The summed E-state index contributed by atoms with van der Waals surface area (Å²) < 4.78 is 2.37. The molecule has 5 nitrogen and oxygen atoms in total. The number of nitrogens with one attached hydrogen (secondary N) is 2. The Bertz CT molecular complexity index is 1410. The van der Waals surface area contributed by atoms with Gasteiger partial charge in [0, 0.05) is 22.5 Å². The minimum atomic E-state index is -0.204. The van der Waals surface area contributed by atoms with E-state index < -0.39 is 0 Å². The molecule has 178 valence electrons. The number of halogens is 1. The molecule has 4 aromatic rings. The average Bonchev–Trinajstić information content (AvgIpc) is 3.41. The van der Waals surface area contributed by atoms with Crippen LogP contribution in [0.15, 0.2) is 55.0 Å². The van der Waals surface area contributed by atoms with Crippen LogP contribution >= 0.6 is 23.5 Å². The maximum Gasteiger partial charge on any atom is 0.273 e. The topological polar surface area (TPSA) is 61.0 Å². The van der Waals surface area contributed by atoms with Crippen molar-refractivity contribution in [1.29, 1.82) is 0 Å². The largest absolute Gasteiger partial charge is 0.341 e. The molecule has 1 aliphatic heterocycles. The van der Waals surface area contributed by atoms with Gasteiger partial charge in [-0.3, -0.25) is 4.79 Å². The minimum absolute atomic E-state index is 0.204. The second-order valence-electron chi connectivity index (χ2n) is 8.70. The maximum absolute atomic E-state index is 12.6. The highest BCUT2D eigenvalue weighted by molar-refractivity contribution is 7.99. The molecule has 0 bridgehead atoms. The first-order valence-electron chi connectivity index (χ1n) is 11.6. The van der Waals surface area contributed by atoms with Gasteiger partial charge in [0.1, 0.15) is 5.69 Å². The van der Waals surface area contributed by atoms with Crippen LogP contribution in [0.5, 0.6) is 0 Å². The van der Waals surface area contributed by atoms with E-state index in [0.29, 0.717) is 5.69 Å². The van der Waals surface area contributed by atoms with Crippen LogP contribution in [-0.2, 0) is 13.0 Å². The highest BCUT2D eigenvalue weighted by Gasteiger charge is 2.29. The Morgan fingerprint density at radius 3 is 2.57 bits per heavy atom. The molecular formula is C28H27ClN4OS. The second-order valence-corrected chi connectivity index (χ2v) is 9.94. The molecule has 2 heterocycles. The van der Waals surface area contributed by atoms with Gasteiger partial charge >= 0.3 is 0 Å². The number of nitrogens with zero attached hydrogens (tertiary/aromatic N) is 2. The maximum atomic E-state index is 12.6. The molecule has 0 atom stereocenters. The van der Waals surface area contributed by atoms with E-state index in [1.807, 2.05) is 18.2 Å². The van der Waals surface area contributed by atoms with Crippen molar-refractivity contribution < 1.29 is 4.79 Å². The summed E-state index contributed by atoms with van der Waals surface area (Å²) in [5.41, 5.74) is 12.6. The summed E-state index contributed by atoms with van der Waals surface area (Å²) in [6.07, 6.45) is 6.09. The lowest BCUT2D eigenvalue weighted by atomic mass is 9.81. The second kappa shape index (κ2) is 9.44. The summed E-state index contributed by atoms with van der Waals surface area (Å²) in [5, 5.41) is 3.73. The van der Waals surface area contributed by atoms with Crippen molar-refractivity contribution in [1.82, 2.24) is 9.97 Å². The number of hydrogen-bond acceptors (Lipinski definition) is 4. The summed E-state index contributed by atoms with van der Waals surface area (Å²) >= 11 is 7.93. The molecule has 0 saturated carbocycles. The van der Waals surface area contributed by atoms with Crippen LogP contribution in [-0.4, -0.2) is 22.1 Å². The number of imidazole rings is 1. The molecular weight excluding hydrogens is 476 g/mol. The fraction of sp³-hybridized carbons (Fsp3) is 0.214. The number of carbonyl (C=O) groups excluding carboxylic acids is 1. The van der Waals surface area contributed by atoms with Gasteiger partial charge in [0.05, 0.1) is 24.8 Å². The van der Waals surface area contributed by atoms with Crippen molar-refractivity contribution in [3.05, 3.63) is 88.0 Å². The van der Waals surface area contributed by atoms with Crippen LogP contribution in [0, 0.1) is 13.8 Å². The number of benzene rings is 3. The first-order valence-corrected chi connectivity index (χ1v) is 13.2. The van der Waals surface area contributed by atoms with Gasteiger partial charge in [-0.15, -0.1) is 0 Å². The summed E-state index contributed by atoms with van der Waals surface area (Å²) in [4.78, 5) is 19.3. The molecule has 5 rings (SSSR count). The van der Waals surface area contributed by atoms with Crippen LogP contribution in [0.4, 0.5) is 11.4 Å². The smallest absolute Gasteiger partial charge is 0.273 e. The normalized spacial score (nSPS) is 12.3. The molecule has 0 unspecified atom stereocenters. The van der Waals surface area contributed by atoms with Crippen molar-refractivity contribution in [3.8, 4) is 22.3 Å². The average molecular weight is 503 g/mol. The lowest BCUT2D eigenvalue weighted by molar-refractivity contribution is 0.102. The summed E-state index contributed by atoms with van der Waals surface area (Å²) in [6, 6.07) is 14.3. The van der Waals surface area contributed by atoms with E-state index in [-0.39, 0.29) is 5.91 Å². The monoisotopic (exact) mass is 502 g/mol. The van der Waals surface area contributed by atoms with Crippen molar-refractivity contribution in [2.75, 3.05) is 15.9 Å². The third-order valence-electron chi connectivity index (χ3n) is 6.74. The Morgan fingerprint density at radius 1 is 1.14 bits per heavy atom. The van der Waals surface area contributed by atoms with Crippen LogP contribution in [0.1, 0.15) is 39.7 Å². The molecule has 1 aromatic heterocycles. The summed E-state index contributed by atoms with van der Waals surface area (Å²) in [7, 11) is 0. The number of fused-ring (bicyclic) bond motifs is 3. The van der Waals surface area contributed by atoms with Gasteiger partial charge in [-0.2, -0.15) is 0 Å². The van der Waals surface area contributed by atoms with Crippen molar-refractivity contribution >= 4 is 40.8 Å². The van der Waals surface area contributed by atoms with Crippen LogP contribution in [0.25, 0.3) is 22.3 Å². The Hall–Kier alpha value is -3.22. The van der Waals surface area contributed by atoms with E-state index in [1.165, 1.54) is 62.7 Å². The molecule has 7 heteroatoms. The zero-order chi connectivity index (χ0) is 24.7. The molecule has 2 N–H and O–H groups in total. The minimum Gasteiger partial charge on any atom is -0.341 e. The number of hydrogen-bond donors (Lipinski definition) is 2. The molecule has 0 fully saturated rings. The van der Waals surface area contributed by atoms with E-state index >= 15 is 0 Å².